The van der Waals surface area contributed by atoms with Crippen molar-refractivity contribution in [3.63, 3.8) is 0 Å². The number of piperidine rings is 1. The molecule has 0 saturated carbocycles. The largest absolute Gasteiger partial charge is 0.459 e. The van der Waals surface area contributed by atoms with E-state index in [0.717, 1.165) is 12.1 Å². The number of furan rings is 1. The Bertz CT molecular complexity index is 746. The predicted molar refractivity (Wildman–Crippen MR) is 82.3 cm³/mol. The SMILES string of the molecule is O=C(Nc1ccc(F)c(F)c1)[C@H]1CCCN(C(=O)c2ccco2)C1. The molecule has 2 heterocycles. The van der Waals surface area contributed by atoms with Gasteiger partial charge in [-0.3, -0.25) is 9.59 Å². The van der Waals surface area contributed by atoms with Crippen molar-refractivity contribution >= 4 is 17.5 Å². The summed E-state index contributed by atoms with van der Waals surface area (Å²) < 4.78 is 31.2. The first kappa shape index (κ1) is 16.2. The van der Waals surface area contributed by atoms with Crippen LogP contribution in [-0.2, 0) is 4.79 Å². The maximum atomic E-state index is 13.2. The van der Waals surface area contributed by atoms with Gasteiger partial charge in [0, 0.05) is 24.8 Å². The van der Waals surface area contributed by atoms with Crippen molar-refractivity contribution in [1.29, 1.82) is 0 Å². The molecule has 7 heteroatoms. The summed E-state index contributed by atoms with van der Waals surface area (Å²) in [5.74, 6) is -2.75. The van der Waals surface area contributed by atoms with Crippen molar-refractivity contribution < 1.29 is 22.8 Å². The third-order valence-electron chi connectivity index (χ3n) is 4.00. The molecule has 126 valence electrons. The van der Waals surface area contributed by atoms with Gasteiger partial charge < -0.3 is 14.6 Å². The molecule has 3 rings (SSSR count). The van der Waals surface area contributed by atoms with E-state index in [1.807, 2.05) is 0 Å². The summed E-state index contributed by atoms with van der Waals surface area (Å²) in [7, 11) is 0. The van der Waals surface area contributed by atoms with Crippen LogP contribution in [0.4, 0.5) is 14.5 Å². The van der Waals surface area contributed by atoms with E-state index in [1.165, 1.54) is 12.3 Å². The fourth-order valence-electron chi connectivity index (χ4n) is 2.75. The van der Waals surface area contributed by atoms with Crippen LogP contribution in [-0.4, -0.2) is 29.8 Å². The highest BCUT2D eigenvalue weighted by Gasteiger charge is 2.30. The van der Waals surface area contributed by atoms with Gasteiger partial charge in [-0.05, 0) is 37.1 Å². The molecular formula is C17H16F2N2O3. The van der Waals surface area contributed by atoms with Gasteiger partial charge in [-0.15, -0.1) is 0 Å². The number of anilines is 1. The average molecular weight is 334 g/mol. The summed E-state index contributed by atoms with van der Waals surface area (Å²) in [5.41, 5.74) is 0.188. The molecule has 1 aromatic heterocycles. The third kappa shape index (κ3) is 3.45. The zero-order valence-electron chi connectivity index (χ0n) is 12.8. The molecule has 1 aliphatic rings. The molecule has 0 unspecified atom stereocenters. The second kappa shape index (κ2) is 6.82. The highest BCUT2D eigenvalue weighted by atomic mass is 19.2. The van der Waals surface area contributed by atoms with Crippen LogP contribution in [0.15, 0.2) is 41.0 Å². The summed E-state index contributed by atoms with van der Waals surface area (Å²) in [5, 5.41) is 2.57. The molecule has 1 atom stereocenters. The lowest BCUT2D eigenvalue weighted by molar-refractivity contribution is -0.121. The number of halogens is 2. The Balaban J connectivity index is 1.64. The number of nitrogens with one attached hydrogen (secondary N) is 1. The van der Waals surface area contributed by atoms with E-state index in [4.69, 9.17) is 4.42 Å². The number of likely N-dealkylation sites (tertiary alicyclic amines) is 1. The van der Waals surface area contributed by atoms with Crippen LogP contribution in [0.5, 0.6) is 0 Å². The minimum atomic E-state index is -1.02. The highest BCUT2D eigenvalue weighted by molar-refractivity contribution is 5.95. The second-order valence-electron chi connectivity index (χ2n) is 5.69. The van der Waals surface area contributed by atoms with Gasteiger partial charge in [0.1, 0.15) is 0 Å². The van der Waals surface area contributed by atoms with Crippen molar-refractivity contribution in [3.8, 4) is 0 Å². The summed E-state index contributed by atoms with van der Waals surface area (Å²) >= 11 is 0. The Morgan fingerprint density at radius 3 is 2.75 bits per heavy atom. The quantitative estimate of drug-likeness (QED) is 0.938. The summed E-state index contributed by atoms with van der Waals surface area (Å²) in [6.45, 7) is 0.809. The lowest BCUT2D eigenvalue weighted by atomic mass is 9.96. The molecule has 5 nitrogen and oxygen atoms in total. The van der Waals surface area contributed by atoms with E-state index in [1.54, 1.807) is 17.0 Å². The normalized spacial score (nSPS) is 17.6. The van der Waals surface area contributed by atoms with Gasteiger partial charge in [-0.2, -0.15) is 0 Å². The van der Waals surface area contributed by atoms with Crippen molar-refractivity contribution in [1.82, 2.24) is 4.90 Å². The van der Waals surface area contributed by atoms with Gasteiger partial charge in [-0.25, -0.2) is 8.78 Å². The van der Waals surface area contributed by atoms with Crippen molar-refractivity contribution in [2.75, 3.05) is 18.4 Å². The van der Waals surface area contributed by atoms with Gasteiger partial charge in [0.25, 0.3) is 5.91 Å². The third-order valence-corrected chi connectivity index (χ3v) is 4.00. The Labute approximate surface area is 137 Å². The minimum Gasteiger partial charge on any atom is -0.459 e. The van der Waals surface area contributed by atoms with Gasteiger partial charge in [0.15, 0.2) is 17.4 Å². The van der Waals surface area contributed by atoms with E-state index in [0.29, 0.717) is 19.4 Å². The monoisotopic (exact) mass is 334 g/mol. The maximum absolute atomic E-state index is 13.2. The van der Waals surface area contributed by atoms with E-state index in [9.17, 15) is 18.4 Å². The standard InChI is InChI=1S/C17H16F2N2O3/c18-13-6-5-12(9-14(13)19)20-16(22)11-3-1-7-21(10-11)17(23)15-4-2-8-24-15/h2,4-6,8-9,11H,1,3,7,10H2,(H,20,22)/t11-/m0/s1. The first-order valence-corrected chi connectivity index (χ1v) is 7.63. The van der Waals surface area contributed by atoms with Crippen molar-refractivity contribution in [2.24, 2.45) is 5.92 Å². The number of amides is 2. The van der Waals surface area contributed by atoms with Gasteiger partial charge in [0.05, 0.1) is 12.2 Å². The lowest BCUT2D eigenvalue weighted by Gasteiger charge is -2.31. The van der Waals surface area contributed by atoms with Crippen molar-refractivity contribution in [3.05, 3.63) is 54.0 Å². The molecule has 1 fully saturated rings. The summed E-state index contributed by atoms with van der Waals surface area (Å²) in [6, 6.07) is 6.39. The Morgan fingerprint density at radius 2 is 2.04 bits per heavy atom. The van der Waals surface area contributed by atoms with Gasteiger partial charge >= 0.3 is 0 Å². The molecule has 1 N–H and O–H groups in total. The second-order valence-corrected chi connectivity index (χ2v) is 5.69. The van der Waals surface area contributed by atoms with Crippen molar-refractivity contribution in [2.45, 2.75) is 12.8 Å². The van der Waals surface area contributed by atoms with Crippen LogP contribution in [0.1, 0.15) is 23.4 Å². The number of rotatable bonds is 3. The lowest BCUT2D eigenvalue weighted by Crippen LogP contribution is -2.43. The number of carbonyl (C=O) groups is 2. The smallest absolute Gasteiger partial charge is 0.289 e. The molecule has 1 aromatic carbocycles. The van der Waals surface area contributed by atoms with E-state index >= 15 is 0 Å². The van der Waals surface area contributed by atoms with Gasteiger partial charge in [0.2, 0.25) is 5.91 Å². The molecule has 1 saturated heterocycles. The molecule has 0 radical (unpaired) electrons. The van der Waals surface area contributed by atoms with E-state index < -0.39 is 17.6 Å². The Morgan fingerprint density at radius 1 is 1.21 bits per heavy atom. The maximum Gasteiger partial charge on any atom is 0.289 e. The molecule has 1 aliphatic heterocycles. The topological polar surface area (TPSA) is 62.6 Å². The summed E-state index contributed by atoms with van der Waals surface area (Å²) in [4.78, 5) is 26.2. The number of hydrogen-bond acceptors (Lipinski definition) is 3. The van der Waals surface area contributed by atoms with Crippen LogP contribution in [0.25, 0.3) is 0 Å². The predicted octanol–water partition coefficient (Wildman–Crippen LogP) is 3.05. The van der Waals surface area contributed by atoms with Crippen LogP contribution in [0.3, 0.4) is 0 Å². The summed E-state index contributed by atoms with van der Waals surface area (Å²) in [6.07, 6.45) is 2.73. The van der Waals surface area contributed by atoms with Crippen LogP contribution in [0.2, 0.25) is 0 Å². The van der Waals surface area contributed by atoms with Crippen LogP contribution >= 0.6 is 0 Å². The number of nitrogens with zero attached hydrogens (tertiary/aromatic N) is 1. The van der Waals surface area contributed by atoms with Crippen LogP contribution < -0.4 is 5.32 Å². The number of benzene rings is 1. The number of carbonyl (C=O) groups excluding carboxylic acids is 2. The molecule has 0 spiro atoms. The number of hydrogen-bond donors (Lipinski definition) is 1. The molecule has 24 heavy (non-hydrogen) atoms. The van der Waals surface area contributed by atoms with Crippen LogP contribution in [0, 0.1) is 17.6 Å². The molecule has 2 aromatic rings. The fourth-order valence-corrected chi connectivity index (χ4v) is 2.75. The fraction of sp³-hybridized carbons (Fsp3) is 0.294. The van der Waals surface area contributed by atoms with Gasteiger partial charge in [-0.1, -0.05) is 0 Å². The van der Waals surface area contributed by atoms with E-state index in [2.05, 4.69) is 5.32 Å². The highest BCUT2D eigenvalue weighted by Crippen LogP contribution is 2.21. The molecular weight excluding hydrogens is 318 g/mol. The Kier molecular flexibility index (Phi) is 4.59. The molecule has 2 amide bonds. The zero-order valence-corrected chi connectivity index (χ0v) is 12.8. The average Bonchev–Trinajstić information content (AvgIpc) is 3.12. The molecule has 0 aliphatic carbocycles. The first-order chi connectivity index (χ1) is 11.5. The molecule has 0 bridgehead atoms. The van der Waals surface area contributed by atoms with E-state index in [-0.39, 0.29) is 29.8 Å². The Hall–Kier alpha value is -2.70. The minimum absolute atomic E-state index is 0.188. The first-order valence-electron chi connectivity index (χ1n) is 7.63. The zero-order chi connectivity index (χ0) is 17.1.